The molecule has 1 aromatic heterocycles. The van der Waals surface area contributed by atoms with Gasteiger partial charge in [-0.1, -0.05) is 11.6 Å². The van der Waals surface area contributed by atoms with E-state index >= 15 is 0 Å². The molecule has 0 aliphatic carbocycles. The van der Waals surface area contributed by atoms with Crippen molar-refractivity contribution in [3.8, 4) is 0 Å². The molecule has 2 rings (SSSR count). The van der Waals surface area contributed by atoms with Gasteiger partial charge >= 0.3 is 0 Å². The number of hydrogen-bond acceptors (Lipinski definition) is 3. The van der Waals surface area contributed by atoms with E-state index in [2.05, 4.69) is 26.2 Å². The van der Waals surface area contributed by atoms with E-state index in [4.69, 9.17) is 11.6 Å². The molecule has 0 atom stereocenters. The molecule has 0 unspecified atom stereocenters. The zero-order chi connectivity index (χ0) is 12.4. The number of halogens is 2. The van der Waals surface area contributed by atoms with E-state index in [-0.39, 0.29) is 5.91 Å². The van der Waals surface area contributed by atoms with Gasteiger partial charge in [0, 0.05) is 10.7 Å². The highest BCUT2D eigenvalue weighted by atomic mass is 79.9. The molecule has 0 aliphatic rings. The van der Waals surface area contributed by atoms with Crippen molar-refractivity contribution in [1.82, 2.24) is 4.98 Å². The van der Waals surface area contributed by atoms with Crippen LogP contribution >= 0.6 is 38.9 Å². The molecule has 1 aromatic carbocycles. The minimum absolute atomic E-state index is 0.159. The fraction of sp³-hybridized carbons (Fsp3) is 0.0909. The fourth-order valence-corrected chi connectivity index (χ4v) is 2.86. The van der Waals surface area contributed by atoms with Crippen LogP contribution < -0.4 is 5.32 Å². The quantitative estimate of drug-likeness (QED) is 0.899. The van der Waals surface area contributed by atoms with Gasteiger partial charge in [0.2, 0.25) is 0 Å². The number of nitrogens with one attached hydrogen (secondary N) is 1. The highest BCUT2D eigenvalue weighted by Crippen LogP contribution is 2.24. The third-order valence-corrected chi connectivity index (χ3v) is 3.94. The second kappa shape index (κ2) is 5.16. The van der Waals surface area contributed by atoms with Gasteiger partial charge in [-0.3, -0.25) is 4.79 Å². The number of aryl methyl sites for hydroxylation is 1. The van der Waals surface area contributed by atoms with Crippen molar-refractivity contribution < 1.29 is 4.79 Å². The van der Waals surface area contributed by atoms with Crippen LogP contribution in [-0.4, -0.2) is 10.9 Å². The average molecular weight is 332 g/mol. The van der Waals surface area contributed by atoms with E-state index in [1.54, 1.807) is 31.2 Å². The van der Waals surface area contributed by atoms with Crippen molar-refractivity contribution >= 4 is 50.5 Å². The van der Waals surface area contributed by atoms with Gasteiger partial charge in [0.25, 0.3) is 5.91 Å². The van der Waals surface area contributed by atoms with E-state index < -0.39 is 0 Å². The monoisotopic (exact) mass is 330 g/mol. The Morgan fingerprint density at radius 2 is 2.06 bits per heavy atom. The summed E-state index contributed by atoms with van der Waals surface area (Å²) in [6.45, 7) is 1.80. The van der Waals surface area contributed by atoms with Crippen LogP contribution in [0.15, 0.2) is 28.2 Å². The first-order chi connectivity index (χ1) is 8.06. The number of aromatic nitrogens is 1. The average Bonchev–Trinajstić information content (AvgIpc) is 2.61. The first kappa shape index (κ1) is 12.5. The number of benzene rings is 1. The Morgan fingerprint density at radius 3 is 2.59 bits per heavy atom. The Balaban J connectivity index is 2.17. The summed E-state index contributed by atoms with van der Waals surface area (Å²) in [7, 11) is 0. The van der Waals surface area contributed by atoms with Gasteiger partial charge in [-0.2, -0.15) is 0 Å². The molecule has 0 saturated carbocycles. The van der Waals surface area contributed by atoms with Gasteiger partial charge in [0.15, 0.2) is 3.92 Å². The third kappa shape index (κ3) is 3.06. The molecule has 1 heterocycles. The van der Waals surface area contributed by atoms with Gasteiger partial charge < -0.3 is 5.32 Å². The molecule has 88 valence electrons. The maximum atomic E-state index is 11.9. The Bertz CT molecular complexity index is 553. The van der Waals surface area contributed by atoms with Crippen LogP contribution in [0.5, 0.6) is 0 Å². The summed E-state index contributed by atoms with van der Waals surface area (Å²) < 4.78 is 0.705. The van der Waals surface area contributed by atoms with Crippen LogP contribution in [0.4, 0.5) is 5.69 Å². The van der Waals surface area contributed by atoms with E-state index in [9.17, 15) is 4.79 Å². The lowest BCUT2D eigenvalue weighted by molar-refractivity contribution is 0.103. The molecule has 0 aliphatic heterocycles. The predicted molar refractivity (Wildman–Crippen MR) is 74.0 cm³/mol. The molecule has 0 radical (unpaired) electrons. The van der Waals surface area contributed by atoms with Gasteiger partial charge in [0.1, 0.15) is 4.88 Å². The smallest absolute Gasteiger partial charge is 0.267 e. The van der Waals surface area contributed by atoms with E-state index in [1.807, 2.05) is 0 Å². The van der Waals surface area contributed by atoms with Gasteiger partial charge in [-0.15, -0.1) is 11.3 Å². The van der Waals surface area contributed by atoms with Crippen molar-refractivity contribution in [2.75, 3.05) is 5.32 Å². The highest BCUT2D eigenvalue weighted by molar-refractivity contribution is 9.11. The van der Waals surface area contributed by atoms with E-state index in [0.717, 1.165) is 0 Å². The Labute approximate surface area is 116 Å². The van der Waals surface area contributed by atoms with Gasteiger partial charge in [-0.25, -0.2) is 4.98 Å². The molecular weight excluding hydrogens is 324 g/mol. The molecule has 0 bridgehead atoms. The topological polar surface area (TPSA) is 42.0 Å². The highest BCUT2D eigenvalue weighted by Gasteiger charge is 2.14. The SMILES string of the molecule is Cc1nc(Br)sc1C(=O)Nc1ccc(Cl)cc1. The zero-order valence-corrected chi connectivity index (χ0v) is 12.0. The van der Waals surface area contributed by atoms with Crippen molar-refractivity contribution in [3.63, 3.8) is 0 Å². The third-order valence-electron chi connectivity index (χ3n) is 2.08. The lowest BCUT2D eigenvalue weighted by Crippen LogP contribution is -2.11. The van der Waals surface area contributed by atoms with Crippen LogP contribution in [0.2, 0.25) is 5.02 Å². The Morgan fingerprint density at radius 1 is 1.41 bits per heavy atom. The van der Waals surface area contributed by atoms with Crippen molar-refractivity contribution in [2.24, 2.45) is 0 Å². The molecular formula is C11H8BrClN2OS. The molecule has 0 fully saturated rings. The maximum Gasteiger partial charge on any atom is 0.267 e. The molecule has 2 aromatic rings. The zero-order valence-electron chi connectivity index (χ0n) is 8.83. The summed E-state index contributed by atoms with van der Waals surface area (Å²) in [6.07, 6.45) is 0. The number of thiazole rings is 1. The lowest BCUT2D eigenvalue weighted by atomic mass is 10.3. The summed E-state index contributed by atoms with van der Waals surface area (Å²) in [5.41, 5.74) is 1.43. The second-order valence-corrected chi connectivity index (χ2v) is 6.05. The minimum atomic E-state index is -0.159. The summed E-state index contributed by atoms with van der Waals surface area (Å²) in [6, 6.07) is 6.97. The van der Waals surface area contributed by atoms with Crippen molar-refractivity contribution in [1.29, 1.82) is 0 Å². The Hall–Kier alpha value is -0.910. The number of hydrogen-bond donors (Lipinski definition) is 1. The molecule has 17 heavy (non-hydrogen) atoms. The fourth-order valence-electron chi connectivity index (χ4n) is 1.30. The number of carbonyl (C=O) groups is 1. The predicted octanol–water partition coefficient (Wildman–Crippen LogP) is 4.12. The van der Waals surface area contributed by atoms with Crippen molar-refractivity contribution in [3.05, 3.63) is 43.8 Å². The first-order valence-electron chi connectivity index (χ1n) is 4.76. The van der Waals surface area contributed by atoms with Crippen LogP contribution in [0, 0.1) is 6.92 Å². The second-order valence-electron chi connectivity index (χ2n) is 3.34. The van der Waals surface area contributed by atoms with E-state index in [1.165, 1.54) is 11.3 Å². The standard InChI is InChI=1S/C11H8BrClN2OS/c1-6-9(17-11(12)14-6)10(16)15-8-4-2-7(13)3-5-8/h2-5H,1H3,(H,15,16). The van der Waals surface area contributed by atoms with E-state index in [0.29, 0.717) is 25.2 Å². The van der Waals surface area contributed by atoms with Crippen LogP contribution in [-0.2, 0) is 0 Å². The summed E-state index contributed by atoms with van der Waals surface area (Å²) in [5, 5.41) is 3.43. The lowest BCUT2D eigenvalue weighted by Gasteiger charge is -2.03. The molecule has 1 amide bonds. The molecule has 3 nitrogen and oxygen atoms in total. The molecule has 0 spiro atoms. The summed E-state index contributed by atoms with van der Waals surface area (Å²) in [5.74, 6) is -0.159. The molecule has 1 N–H and O–H groups in total. The number of nitrogens with zero attached hydrogens (tertiary/aromatic N) is 1. The number of carbonyl (C=O) groups excluding carboxylic acids is 1. The molecule has 0 saturated heterocycles. The van der Waals surface area contributed by atoms with Crippen LogP contribution in [0.3, 0.4) is 0 Å². The largest absolute Gasteiger partial charge is 0.321 e. The summed E-state index contributed by atoms with van der Waals surface area (Å²) >= 11 is 10.3. The normalized spacial score (nSPS) is 10.3. The number of anilines is 1. The number of amides is 1. The first-order valence-corrected chi connectivity index (χ1v) is 6.75. The number of rotatable bonds is 2. The molecule has 6 heteroatoms. The summed E-state index contributed by atoms with van der Waals surface area (Å²) in [4.78, 5) is 16.7. The van der Waals surface area contributed by atoms with Crippen LogP contribution in [0.25, 0.3) is 0 Å². The van der Waals surface area contributed by atoms with Gasteiger partial charge in [0.05, 0.1) is 5.69 Å². The van der Waals surface area contributed by atoms with Crippen molar-refractivity contribution in [2.45, 2.75) is 6.92 Å². The van der Waals surface area contributed by atoms with Gasteiger partial charge in [-0.05, 0) is 47.1 Å². The van der Waals surface area contributed by atoms with Crippen LogP contribution in [0.1, 0.15) is 15.4 Å². The maximum absolute atomic E-state index is 11.9. The minimum Gasteiger partial charge on any atom is -0.321 e. The Kier molecular flexibility index (Phi) is 3.81.